The van der Waals surface area contributed by atoms with Crippen molar-refractivity contribution in [3.63, 3.8) is 0 Å². The molecule has 0 atom stereocenters. The summed E-state index contributed by atoms with van der Waals surface area (Å²) in [6, 6.07) is 38.7. The van der Waals surface area contributed by atoms with Crippen LogP contribution in [-0.4, -0.2) is 4.57 Å². The van der Waals surface area contributed by atoms with Crippen LogP contribution in [-0.2, 0) is 10.8 Å². The molecule has 37 heavy (non-hydrogen) atoms. The molecule has 2 heterocycles. The Kier molecular flexibility index (Phi) is 3.87. The normalized spacial score (nSPS) is 16.0. The third-order valence-electron chi connectivity index (χ3n) is 9.20. The van der Waals surface area contributed by atoms with Crippen molar-refractivity contribution in [2.45, 2.75) is 38.5 Å². The predicted octanol–water partition coefficient (Wildman–Crippen LogP) is 9.40. The van der Waals surface area contributed by atoms with Gasteiger partial charge in [-0.3, -0.25) is 0 Å². The van der Waals surface area contributed by atoms with Gasteiger partial charge in [0.2, 0.25) is 0 Å². The largest absolute Gasteiger partial charge is 0.309 e. The van der Waals surface area contributed by atoms with E-state index in [0.29, 0.717) is 0 Å². The Morgan fingerprint density at radius 1 is 0.486 bits per heavy atom. The van der Waals surface area contributed by atoms with Crippen LogP contribution in [0.3, 0.4) is 0 Å². The van der Waals surface area contributed by atoms with Gasteiger partial charge in [-0.2, -0.15) is 0 Å². The first-order valence-corrected chi connectivity index (χ1v) is 13.3. The van der Waals surface area contributed by atoms with Crippen molar-refractivity contribution in [1.82, 2.24) is 4.57 Å². The van der Waals surface area contributed by atoms with Gasteiger partial charge in [-0.15, -0.1) is 0 Å². The summed E-state index contributed by atoms with van der Waals surface area (Å²) in [4.78, 5) is 0. The van der Waals surface area contributed by atoms with E-state index < -0.39 is 0 Å². The number of rotatable bonds is 1. The van der Waals surface area contributed by atoms with Crippen LogP contribution in [0.4, 0.5) is 0 Å². The molecule has 0 amide bonds. The topological polar surface area (TPSA) is 4.93 Å². The highest BCUT2D eigenvalue weighted by atomic mass is 15.0. The summed E-state index contributed by atoms with van der Waals surface area (Å²) in [5.74, 6) is 0. The first-order valence-electron chi connectivity index (χ1n) is 13.3. The zero-order chi connectivity index (χ0) is 25.1. The Morgan fingerprint density at radius 3 is 2.00 bits per heavy atom. The first kappa shape index (κ1) is 21.0. The van der Waals surface area contributed by atoms with Gasteiger partial charge in [0.05, 0.1) is 16.7 Å². The second kappa shape index (κ2) is 6.81. The van der Waals surface area contributed by atoms with Crippen LogP contribution in [0.2, 0.25) is 0 Å². The van der Waals surface area contributed by atoms with Gasteiger partial charge >= 0.3 is 0 Å². The summed E-state index contributed by atoms with van der Waals surface area (Å²) >= 11 is 0. The lowest BCUT2D eigenvalue weighted by Gasteiger charge is -2.34. The van der Waals surface area contributed by atoms with E-state index in [0.717, 1.165) is 0 Å². The van der Waals surface area contributed by atoms with E-state index in [9.17, 15) is 0 Å². The predicted molar refractivity (Wildman–Crippen MR) is 156 cm³/mol. The molecular formula is C36H29N. The third-order valence-corrected chi connectivity index (χ3v) is 9.20. The quantitative estimate of drug-likeness (QED) is 0.223. The van der Waals surface area contributed by atoms with Gasteiger partial charge in [-0.05, 0) is 68.8 Å². The molecule has 0 saturated carbocycles. The lowest BCUT2D eigenvalue weighted by molar-refractivity contribution is 0.630. The zero-order valence-electron chi connectivity index (χ0n) is 21.8. The lowest BCUT2D eigenvalue weighted by atomic mass is 9.75. The van der Waals surface area contributed by atoms with Gasteiger partial charge in [-0.1, -0.05) is 107 Å². The Labute approximate surface area is 218 Å². The second-order valence-corrected chi connectivity index (χ2v) is 11.8. The van der Waals surface area contributed by atoms with Crippen molar-refractivity contribution in [3.05, 3.63) is 125 Å². The molecule has 1 nitrogen and oxygen atoms in total. The Balaban J connectivity index is 1.38. The minimum Gasteiger partial charge on any atom is -0.309 e. The number of fused-ring (bicyclic) bond motifs is 8. The van der Waals surface area contributed by atoms with E-state index in [1.54, 1.807) is 0 Å². The van der Waals surface area contributed by atoms with Crippen molar-refractivity contribution in [1.29, 1.82) is 0 Å². The van der Waals surface area contributed by atoms with Gasteiger partial charge in [0.1, 0.15) is 0 Å². The Bertz CT molecular complexity index is 1930. The lowest BCUT2D eigenvalue weighted by Crippen LogP contribution is -2.26. The fourth-order valence-electron chi connectivity index (χ4n) is 7.23. The number of aromatic nitrogens is 1. The minimum atomic E-state index is -0.0378. The molecule has 5 aromatic carbocycles. The summed E-state index contributed by atoms with van der Waals surface area (Å²) in [5, 5.41) is 2.66. The standard InChI is InChI=1S/C36H29N/c1-35(2)28-12-6-5-10-24(28)25-18-16-23(21-31(25)35)22-17-19-32-27(20-22)26-11-9-14-30-34(26)37(32)33-15-8-7-13-29(33)36(30,3)4/h5-21H,1-4H3. The van der Waals surface area contributed by atoms with Crippen LogP contribution < -0.4 is 0 Å². The zero-order valence-corrected chi connectivity index (χ0v) is 21.8. The van der Waals surface area contributed by atoms with Gasteiger partial charge in [0.25, 0.3) is 0 Å². The maximum atomic E-state index is 2.49. The molecule has 0 radical (unpaired) electrons. The van der Waals surface area contributed by atoms with Crippen molar-refractivity contribution < 1.29 is 0 Å². The molecule has 0 unspecified atom stereocenters. The molecule has 1 aliphatic carbocycles. The van der Waals surface area contributed by atoms with Gasteiger partial charge < -0.3 is 4.57 Å². The van der Waals surface area contributed by atoms with Crippen LogP contribution >= 0.6 is 0 Å². The summed E-state index contributed by atoms with van der Waals surface area (Å²) in [5.41, 5.74) is 14.8. The fourth-order valence-corrected chi connectivity index (χ4v) is 7.23. The van der Waals surface area contributed by atoms with Gasteiger partial charge in [-0.25, -0.2) is 0 Å². The molecular weight excluding hydrogens is 446 g/mol. The van der Waals surface area contributed by atoms with Gasteiger partial charge in [0, 0.05) is 21.6 Å². The second-order valence-electron chi connectivity index (χ2n) is 11.8. The molecule has 0 fully saturated rings. The van der Waals surface area contributed by atoms with Crippen molar-refractivity contribution in [3.8, 4) is 27.9 Å². The number of hydrogen-bond acceptors (Lipinski definition) is 0. The van der Waals surface area contributed by atoms with Crippen LogP contribution in [0.15, 0.2) is 103 Å². The third kappa shape index (κ3) is 2.54. The Morgan fingerprint density at radius 2 is 1.14 bits per heavy atom. The number of para-hydroxylation sites is 2. The molecule has 1 aromatic heterocycles. The highest BCUT2D eigenvalue weighted by Crippen LogP contribution is 2.50. The van der Waals surface area contributed by atoms with E-state index in [1.165, 1.54) is 72.0 Å². The molecule has 8 rings (SSSR count). The molecule has 178 valence electrons. The number of hydrogen-bond donors (Lipinski definition) is 0. The molecule has 0 spiro atoms. The molecule has 2 aliphatic rings. The first-order chi connectivity index (χ1) is 17.9. The van der Waals surface area contributed by atoms with Crippen LogP contribution in [0.1, 0.15) is 49.9 Å². The minimum absolute atomic E-state index is 0.00497. The van der Waals surface area contributed by atoms with E-state index >= 15 is 0 Å². The van der Waals surface area contributed by atoms with Crippen molar-refractivity contribution in [2.24, 2.45) is 0 Å². The molecule has 0 bridgehead atoms. The highest BCUT2D eigenvalue weighted by Gasteiger charge is 2.36. The Hall–Kier alpha value is -4.10. The fraction of sp³-hybridized carbons (Fsp3) is 0.167. The maximum Gasteiger partial charge on any atom is 0.0582 e. The molecule has 1 heteroatoms. The highest BCUT2D eigenvalue weighted by molar-refractivity contribution is 6.12. The average Bonchev–Trinajstić information content (AvgIpc) is 3.37. The molecule has 6 aromatic rings. The van der Waals surface area contributed by atoms with E-state index in [2.05, 4.69) is 135 Å². The number of nitrogens with zero attached hydrogens (tertiary/aromatic N) is 1. The SMILES string of the molecule is CC1(C)c2ccccc2-c2ccc(-c3ccc4c(c3)c3cccc5c3n4-c3ccccc3C5(C)C)cc21. The molecule has 0 saturated heterocycles. The van der Waals surface area contributed by atoms with Crippen LogP contribution in [0.25, 0.3) is 49.7 Å². The van der Waals surface area contributed by atoms with Crippen molar-refractivity contribution in [2.75, 3.05) is 0 Å². The van der Waals surface area contributed by atoms with Crippen LogP contribution in [0.5, 0.6) is 0 Å². The van der Waals surface area contributed by atoms with Gasteiger partial charge in [0.15, 0.2) is 0 Å². The van der Waals surface area contributed by atoms with Crippen LogP contribution in [0, 0.1) is 0 Å². The van der Waals surface area contributed by atoms with E-state index in [-0.39, 0.29) is 10.8 Å². The van der Waals surface area contributed by atoms with E-state index in [1.807, 2.05) is 0 Å². The summed E-state index contributed by atoms with van der Waals surface area (Å²) in [7, 11) is 0. The molecule has 1 aliphatic heterocycles. The number of benzene rings is 5. The monoisotopic (exact) mass is 475 g/mol. The summed E-state index contributed by atoms with van der Waals surface area (Å²) in [6.45, 7) is 9.43. The average molecular weight is 476 g/mol. The maximum absolute atomic E-state index is 2.49. The molecule has 0 N–H and O–H groups in total. The smallest absolute Gasteiger partial charge is 0.0582 e. The van der Waals surface area contributed by atoms with Crippen molar-refractivity contribution >= 4 is 21.8 Å². The van der Waals surface area contributed by atoms with E-state index in [4.69, 9.17) is 0 Å². The summed E-state index contributed by atoms with van der Waals surface area (Å²) < 4.78 is 2.49. The summed E-state index contributed by atoms with van der Waals surface area (Å²) in [6.07, 6.45) is 0.